The van der Waals surface area contributed by atoms with Crippen molar-refractivity contribution in [3.8, 4) is 17.3 Å². The number of methoxy groups -OCH3 is 1. The van der Waals surface area contributed by atoms with Gasteiger partial charge in [0.15, 0.2) is 23.0 Å². The maximum Gasteiger partial charge on any atom is 0.187 e. The summed E-state index contributed by atoms with van der Waals surface area (Å²) in [5, 5.41) is 9.45. The standard InChI is InChI=1S/C24H27FN6O2/c1-15(30-10-9-18(26)14-30)17-5-8-21-28-29-24(31(21)13-17)20-7-4-16-3-6-19(25)23(22(16)27-20)33-12-11-32-2/h3-8,13,15,18H,9-12,14,26H2,1-2H3/t15-,18-/m0/s1. The molecular formula is C24H27FN6O2. The predicted molar refractivity (Wildman–Crippen MR) is 124 cm³/mol. The maximum absolute atomic E-state index is 14.5. The molecule has 9 heteroatoms. The first-order valence-electron chi connectivity index (χ1n) is 11.1. The van der Waals surface area contributed by atoms with Crippen LogP contribution in [0.2, 0.25) is 0 Å². The van der Waals surface area contributed by atoms with Gasteiger partial charge in [-0.2, -0.15) is 0 Å². The molecule has 1 aromatic carbocycles. The fourth-order valence-corrected chi connectivity index (χ4v) is 4.33. The number of rotatable bonds is 7. The minimum Gasteiger partial charge on any atom is -0.486 e. The van der Waals surface area contributed by atoms with E-state index in [2.05, 4.69) is 28.1 Å². The van der Waals surface area contributed by atoms with Crippen molar-refractivity contribution in [1.82, 2.24) is 24.5 Å². The van der Waals surface area contributed by atoms with E-state index in [1.54, 1.807) is 13.2 Å². The number of nitrogens with zero attached hydrogens (tertiary/aromatic N) is 5. The van der Waals surface area contributed by atoms with Gasteiger partial charge in [0.2, 0.25) is 0 Å². The fourth-order valence-electron chi connectivity index (χ4n) is 4.33. The zero-order valence-corrected chi connectivity index (χ0v) is 18.7. The monoisotopic (exact) mass is 450 g/mol. The van der Waals surface area contributed by atoms with Gasteiger partial charge in [0.05, 0.1) is 6.61 Å². The third kappa shape index (κ3) is 4.15. The Morgan fingerprint density at radius 3 is 2.79 bits per heavy atom. The van der Waals surface area contributed by atoms with E-state index in [-0.39, 0.29) is 24.4 Å². The van der Waals surface area contributed by atoms with E-state index in [0.717, 1.165) is 36.1 Å². The average molecular weight is 451 g/mol. The van der Waals surface area contributed by atoms with Gasteiger partial charge in [0.25, 0.3) is 0 Å². The lowest BCUT2D eigenvalue weighted by atomic mass is 10.1. The Bertz CT molecular complexity index is 1290. The van der Waals surface area contributed by atoms with Crippen molar-refractivity contribution in [2.24, 2.45) is 5.73 Å². The number of aromatic nitrogens is 4. The first-order chi connectivity index (χ1) is 16.0. The Hall–Kier alpha value is -3.14. The topological polar surface area (TPSA) is 90.8 Å². The molecule has 0 radical (unpaired) electrons. The number of hydrogen-bond donors (Lipinski definition) is 1. The van der Waals surface area contributed by atoms with Gasteiger partial charge in [-0.25, -0.2) is 9.37 Å². The van der Waals surface area contributed by atoms with Gasteiger partial charge in [-0.3, -0.25) is 9.30 Å². The van der Waals surface area contributed by atoms with Gasteiger partial charge in [0.1, 0.15) is 17.8 Å². The smallest absolute Gasteiger partial charge is 0.187 e. The van der Waals surface area contributed by atoms with Crippen LogP contribution in [0.3, 0.4) is 0 Å². The molecule has 172 valence electrons. The van der Waals surface area contributed by atoms with E-state index in [0.29, 0.717) is 23.6 Å². The molecule has 0 amide bonds. The summed E-state index contributed by atoms with van der Waals surface area (Å²) in [6.45, 7) is 4.64. The second kappa shape index (κ2) is 9.01. The van der Waals surface area contributed by atoms with Crippen LogP contribution in [0.5, 0.6) is 5.75 Å². The molecule has 1 fully saturated rings. The van der Waals surface area contributed by atoms with E-state index >= 15 is 0 Å². The summed E-state index contributed by atoms with van der Waals surface area (Å²) in [7, 11) is 1.57. The van der Waals surface area contributed by atoms with E-state index in [1.807, 2.05) is 28.8 Å². The van der Waals surface area contributed by atoms with Gasteiger partial charge in [-0.15, -0.1) is 10.2 Å². The molecule has 4 heterocycles. The first kappa shape index (κ1) is 21.7. The number of benzene rings is 1. The highest BCUT2D eigenvalue weighted by atomic mass is 19.1. The summed E-state index contributed by atoms with van der Waals surface area (Å²) < 4.78 is 27.1. The van der Waals surface area contributed by atoms with Gasteiger partial charge >= 0.3 is 0 Å². The number of pyridine rings is 2. The van der Waals surface area contributed by atoms with Gasteiger partial charge in [-0.05, 0) is 43.2 Å². The van der Waals surface area contributed by atoms with Crippen molar-refractivity contribution >= 4 is 16.6 Å². The summed E-state index contributed by atoms with van der Waals surface area (Å²) >= 11 is 0. The molecule has 0 unspecified atom stereocenters. The van der Waals surface area contributed by atoms with Crippen LogP contribution < -0.4 is 10.5 Å². The lowest BCUT2D eigenvalue weighted by Crippen LogP contribution is -2.28. The molecule has 0 aliphatic carbocycles. The zero-order valence-electron chi connectivity index (χ0n) is 18.7. The van der Waals surface area contributed by atoms with Crippen molar-refractivity contribution < 1.29 is 13.9 Å². The number of fused-ring (bicyclic) bond motifs is 2. The lowest BCUT2D eigenvalue weighted by Gasteiger charge is -2.24. The minimum atomic E-state index is -0.464. The molecule has 3 aromatic heterocycles. The van der Waals surface area contributed by atoms with E-state index in [9.17, 15) is 4.39 Å². The Kier molecular flexibility index (Phi) is 5.92. The highest BCUT2D eigenvalue weighted by Gasteiger charge is 2.25. The molecule has 33 heavy (non-hydrogen) atoms. The Balaban J connectivity index is 1.54. The van der Waals surface area contributed by atoms with Crippen molar-refractivity contribution in [1.29, 1.82) is 0 Å². The minimum absolute atomic E-state index is 0.111. The molecule has 0 bridgehead atoms. The Labute approximate surface area is 191 Å². The summed E-state index contributed by atoms with van der Waals surface area (Å²) in [4.78, 5) is 7.10. The fraction of sp³-hybridized carbons (Fsp3) is 0.375. The van der Waals surface area contributed by atoms with Crippen LogP contribution in [0.25, 0.3) is 28.1 Å². The van der Waals surface area contributed by atoms with Crippen LogP contribution in [-0.4, -0.2) is 63.9 Å². The Morgan fingerprint density at radius 1 is 1.15 bits per heavy atom. The molecule has 1 aliphatic heterocycles. The van der Waals surface area contributed by atoms with Crippen LogP contribution in [-0.2, 0) is 4.74 Å². The molecule has 5 rings (SSSR count). The highest BCUT2D eigenvalue weighted by molar-refractivity contribution is 5.86. The molecule has 8 nitrogen and oxygen atoms in total. The van der Waals surface area contributed by atoms with Gasteiger partial charge in [0, 0.05) is 43.9 Å². The molecule has 0 saturated carbocycles. The predicted octanol–water partition coefficient (Wildman–Crippen LogP) is 3.20. The normalized spacial score (nSPS) is 17.8. The molecule has 1 saturated heterocycles. The quantitative estimate of drug-likeness (QED) is 0.433. The van der Waals surface area contributed by atoms with E-state index in [1.165, 1.54) is 6.07 Å². The van der Waals surface area contributed by atoms with E-state index < -0.39 is 5.82 Å². The van der Waals surface area contributed by atoms with Crippen LogP contribution in [0, 0.1) is 5.82 Å². The maximum atomic E-state index is 14.5. The molecule has 1 aliphatic rings. The van der Waals surface area contributed by atoms with Crippen molar-refractivity contribution in [3.05, 3.63) is 54.0 Å². The first-order valence-corrected chi connectivity index (χ1v) is 11.1. The van der Waals surface area contributed by atoms with Gasteiger partial charge < -0.3 is 15.2 Å². The van der Waals surface area contributed by atoms with Crippen LogP contribution in [0.4, 0.5) is 4.39 Å². The van der Waals surface area contributed by atoms with Crippen molar-refractivity contribution in [2.75, 3.05) is 33.4 Å². The Morgan fingerprint density at radius 2 is 2.00 bits per heavy atom. The number of halogens is 1. The lowest BCUT2D eigenvalue weighted by molar-refractivity contribution is 0.144. The summed E-state index contributed by atoms with van der Waals surface area (Å²) in [6.07, 6.45) is 3.06. The molecular weight excluding hydrogens is 423 g/mol. The molecule has 0 spiro atoms. The highest BCUT2D eigenvalue weighted by Crippen LogP contribution is 2.30. The third-order valence-electron chi connectivity index (χ3n) is 6.24. The van der Waals surface area contributed by atoms with Crippen LogP contribution >= 0.6 is 0 Å². The number of nitrogens with two attached hydrogens (primary N) is 1. The summed E-state index contributed by atoms with van der Waals surface area (Å²) in [6, 6.07) is 11.3. The number of likely N-dealkylation sites (tertiary alicyclic amines) is 1. The van der Waals surface area contributed by atoms with Crippen LogP contribution in [0.15, 0.2) is 42.6 Å². The SMILES string of the molecule is COCCOc1c(F)ccc2ccc(-c3nnc4ccc([C@H](C)N5CC[C@H](N)C5)cn34)nc12. The van der Waals surface area contributed by atoms with Crippen molar-refractivity contribution in [2.45, 2.75) is 25.4 Å². The average Bonchev–Trinajstić information content (AvgIpc) is 3.45. The molecule has 2 N–H and O–H groups in total. The zero-order chi connectivity index (χ0) is 22.9. The van der Waals surface area contributed by atoms with Crippen LogP contribution in [0.1, 0.15) is 24.9 Å². The second-order valence-corrected chi connectivity index (χ2v) is 8.42. The summed E-state index contributed by atoms with van der Waals surface area (Å²) in [5.41, 5.74) is 9.00. The number of hydrogen-bond acceptors (Lipinski definition) is 7. The summed E-state index contributed by atoms with van der Waals surface area (Å²) in [5.74, 6) is 0.236. The molecule has 2 atom stereocenters. The van der Waals surface area contributed by atoms with Gasteiger partial charge in [-0.1, -0.05) is 12.1 Å². The van der Waals surface area contributed by atoms with Crippen molar-refractivity contribution in [3.63, 3.8) is 0 Å². The largest absolute Gasteiger partial charge is 0.486 e. The molecule has 4 aromatic rings. The van der Waals surface area contributed by atoms with E-state index in [4.69, 9.17) is 20.2 Å². The second-order valence-electron chi connectivity index (χ2n) is 8.42. The number of ether oxygens (including phenoxy) is 2. The third-order valence-corrected chi connectivity index (χ3v) is 6.24.